The number of halogens is 1. The molecule has 0 aliphatic rings. The predicted molar refractivity (Wildman–Crippen MR) is 69.6 cm³/mol. The lowest BCUT2D eigenvalue weighted by Crippen LogP contribution is -2.16. The molecule has 0 atom stereocenters. The van der Waals surface area contributed by atoms with Crippen molar-refractivity contribution in [2.45, 2.75) is 13.8 Å². The van der Waals surface area contributed by atoms with Crippen molar-refractivity contribution in [3.8, 4) is 5.88 Å². The lowest BCUT2D eigenvalue weighted by Gasteiger charge is -2.06. The smallest absolute Gasteiger partial charge is 0.261 e. The van der Waals surface area contributed by atoms with Crippen molar-refractivity contribution >= 4 is 23.5 Å². The molecule has 0 unspecified atom stereocenters. The molecule has 8 heteroatoms. The van der Waals surface area contributed by atoms with Crippen LogP contribution in [0.4, 0.5) is 5.95 Å². The molecule has 1 amide bonds. The molecule has 0 bridgehead atoms. The van der Waals surface area contributed by atoms with Crippen molar-refractivity contribution in [2.24, 2.45) is 0 Å². The van der Waals surface area contributed by atoms with E-state index in [1.54, 1.807) is 13.8 Å². The van der Waals surface area contributed by atoms with Crippen LogP contribution in [0.25, 0.3) is 0 Å². The molecule has 0 aliphatic heterocycles. The third kappa shape index (κ3) is 2.82. The molecule has 0 saturated carbocycles. The van der Waals surface area contributed by atoms with Gasteiger partial charge in [-0.2, -0.15) is 10.1 Å². The topological polar surface area (TPSA) is 92.8 Å². The third-order valence-corrected chi connectivity index (χ3v) is 2.65. The number of nitrogens with one attached hydrogen (secondary N) is 2. The Bertz CT molecular complexity index is 606. The van der Waals surface area contributed by atoms with Crippen molar-refractivity contribution in [3.05, 3.63) is 28.2 Å². The molecular weight excluding hydrogens is 270 g/mol. The highest BCUT2D eigenvalue weighted by Crippen LogP contribution is 2.17. The second-order valence-electron chi connectivity index (χ2n) is 3.82. The van der Waals surface area contributed by atoms with Gasteiger partial charge in [-0.15, -0.1) is 0 Å². The number of amides is 1. The number of rotatable bonds is 3. The molecule has 0 saturated heterocycles. The van der Waals surface area contributed by atoms with Gasteiger partial charge in [-0.3, -0.25) is 15.2 Å². The van der Waals surface area contributed by atoms with E-state index in [9.17, 15) is 4.79 Å². The summed E-state index contributed by atoms with van der Waals surface area (Å²) in [5, 5.41) is 9.43. The first-order valence-corrected chi connectivity index (χ1v) is 5.80. The van der Waals surface area contributed by atoms with Crippen LogP contribution in [0.3, 0.4) is 0 Å². The van der Waals surface area contributed by atoms with E-state index in [2.05, 4.69) is 25.5 Å². The number of nitrogens with zero attached hydrogens (tertiary/aromatic N) is 3. The quantitative estimate of drug-likeness (QED) is 0.836. The van der Waals surface area contributed by atoms with Crippen LogP contribution in [-0.2, 0) is 0 Å². The lowest BCUT2D eigenvalue weighted by atomic mass is 10.2. The molecule has 7 nitrogen and oxygen atoms in total. The number of ether oxygens (including phenoxy) is 1. The maximum Gasteiger partial charge on any atom is 0.261 e. The van der Waals surface area contributed by atoms with E-state index >= 15 is 0 Å². The lowest BCUT2D eigenvalue weighted by molar-refractivity contribution is 0.102. The van der Waals surface area contributed by atoms with Gasteiger partial charge < -0.3 is 4.74 Å². The monoisotopic (exact) mass is 281 g/mol. The number of anilines is 1. The Morgan fingerprint density at radius 1 is 1.42 bits per heavy atom. The maximum atomic E-state index is 12.1. The van der Waals surface area contributed by atoms with E-state index < -0.39 is 0 Å². The highest BCUT2D eigenvalue weighted by atomic mass is 35.5. The van der Waals surface area contributed by atoms with Crippen LogP contribution in [0.15, 0.2) is 6.07 Å². The molecular formula is C11H12ClN5O2. The van der Waals surface area contributed by atoms with Gasteiger partial charge in [0, 0.05) is 11.8 Å². The van der Waals surface area contributed by atoms with Gasteiger partial charge in [0.15, 0.2) is 0 Å². The fourth-order valence-electron chi connectivity index (χ4n) is 1.61. The summed E-state index contributed by atoms with van der Waals surface area (Å²) in [6.07, 6.45) is 0. The van der Waals surface area contributed by atoms with Gasteiger partial charge in [0.25, 0.3) is 5.91 Å². The minimum atomic E-state index is -0.354. The Balaban J connectivity index is 2.26. The van der Waals surface area contributed by atoms with Crippen LogP contribution in [0.1, 0.15) is 21.7 Å². The second kappa shape index (κ2) is 5.23. The van der Waals surface area contributed by atoms with Gasteiger partial charge >= 0.3 is 0 Å². The zero-order valence-electron chi connectivity index (χ0n) is 10.6. The average Bonchev–Trinajstić information content (AvgIpc) is 2.68. The summed E-state index contributed by atoms with van der Waals surface area (Å²) in [6.45, 7) is 3.49. The summed E-state index contributed by atoms with van der Waals surface area (Å²) in [6, 6.07) is 1.45. The molecule has 2 heterocycles. The predicted octanol–water partition coefficient (Wildman–Crippen LogP) is 1.73. The fourth-order valence-corrected chi connectivity index (χ4v) is 1.78. The van der Waals surface area contributed by atoms with Gasteiger partial charge in [0.1, 0.15) is 5.15 Å². The van der Waals surface area contributed by atoms with Crippen LogP contribution in [0.2, 0.25) is 5.15 Å². The SMILES string of the molecule is COc1cc(Cl)nc(NC(=O)c2c(C)n[nH]c2C)n1. The maximum absolute atomic E-state index is 12.1. The van der Waals surface area contributed by atoms with Crippen molar-refractivity contribution < 1.29 is 9.53 Å². The Morgan fingerprint density at radius 3 is 2.74 bits per heavy atom. The standard InChI is InChI=1S/C11H12ClN5O2/c1-5-9(6(2)17-16-5)10(18)15-11-13-7(12)4-8(14-11)19-3/h4H,1-3H3,(H,16,17)(H,13,14,15,18). The summed E-state index contributed by atoms with van der Waals surface area (Å²) >= 11 is 5.80. The number of H-pyrrole nitrogens is 1. The van der Waals surface area contributed by atoms with E-state index in [1.165, 1.54) is 13.2 Å². The van der Waals surface area contributed by atoms with E-state index in [4.69, 9.17) is 16.3 Å². The third-order valence-electron chi connectivity index (χ3n) is 2.46. The molecule has 0 radical (unpaired) electrons. The Morgan fingerprint density at radius 2 is 2.16 bits per heavy atom. The molecule has 0 aromatic carbocycles. The van der Waals surface area contributed by atoms with Gasteiger partial charge in [-0.25, -0.2) is 4.98 Å². The Hall–Kier alpha value is -2.15. The summed E-state index contributed by atoms with van der Waals surface area (Å²) < 4.78 is 4.95. The van der Waals surface area contributed by atoms with Crippen LogP contribution in [-0.4, -0.2) is 33.2 Å². The molecule has 2 aromatic heterocycles. The van der Waals surface area contributed by atoms with E-state index in [0.717, 1.165) is 0 Å². The highest BCUT2D eigenvalue weighted by molar-refractivity contribution is 6.29. The number of hydrogen-bond donors (Lipinski definition) is 2. The summed E-state index contributed by atoms with van der Waals surface area (Å²) in [5.41, 5.74) is 1.73. The van der Waals surface area contributed by atoms with E-state index in [-0.39, 0.29) is 22.9 Å². The van der Waals surface area contributed by atoms with Crippen molar-refractivity contribution in [1.29, 1.82) is 0 Å². The Kier molecular flexibility index (Phi) is 3.66. The minimum Gasteiger partial charge on any atom is -0.481 e. The molecule has 19 heavy (non-hydrogen) atoms. The zero-order valence-corrected chi connectivity index (χ0v) is 11.4. The molecule has 2 aromatic rings. The molecule has 100 valence electrons. The second-order valence-corrected chi connectivity index (χ2v) is 4.21. The summed E-state index contributed by atoms with van der Waals surface area (Å²) in [5.74, 6) is -0.00152. The first kappa shape index (κ1) is 13.3. The Labute approximate surface area is 114 Å². The number of aromatic nitrogens is 4. The molecule has 0 fully saturated rings. The first-order chi connectivity index (χ1) is 9.01. The van der Waals surface area contributed by atoms with Crippen LogP contribution >= 0.6 is 11.6 Å². The van der Waals surface area contributed by atoms with Crippen LogP contribution < -0.4 is 10.1 Å². The number of methoxy groups -OCH3 is 1. The van der Waals surface area contributed by atoms with Gasteiger partial charge in [-0.05, 0) is 13.8 Å². The minimum absolute atomic E-state index is 0.0781. The van der Waals surface area contributed by atoms with Gasteiger partial charge in [0.05, 0.1) is 18.4 Å². The van der Waals surface area contributed by atoms with Gasteiger partial charge in [0.2, 0.25) is 11.8 Å². The average molecular weight is 282 g/mol. The first-order valence-electron chi connectivity index (χ1n) is 5.42. The van der Waals surface area contributed by atoms with Gasteiger partial charge in [-0.1, -0.05) is 11.6 Å². The summed E-state index contributed by atoms with van der Waals surface area (Å²) in [7, 11) is 1.45. The number of aryl methyl sites for hydroxylation is 2. The number of hydrogen-bond acceptors (Lipinski definition) is 5. The normalized spacial score (nSPS) is 10.3. The molecule has 0 aliphatic carbocycles. The van der Waals surface area contributed by atoms with Crippen LogP contribution in [0.5, 0.6) is 5.88 Å². The van der Waals surface area contributed by atoms with Crippen molar-refractivity contribution in [2.75, 3.05) is 12.4 Å². The van der Waals surface area contributed by atoms with Crippen molar-refractivity contribution in [3.63, 3.8) is 0 Å². The molecule has 2 rings (SSSR count). The van der Waals surface area contributed by atoms with Crippen LogP contribution in [0, 0.1) is 13.8 Å². The zero-order chi connectivity index (χ0) is 14.0. The molecule has 2 N–H and O–H groups in total. The van der Waals surface area contributed by atoms with E-state index in [0.29, 0.717) is 17.0 Å². The molecule has 0 spiro atoms. The number of aromatic amines is 1. The largest absolute Gasteiger partial charge is 0.481 e. The summed E-state index contributed by atoms with van der Waals surface area (Å²) in [4.78, 5) is 20.0. The number of carbonyl (C=O) groups is 1. The van der Waals surface area contributed by atoms with Crippen molar-refractivity contribution in [1.82, 2.24) is 20.2 Å². The number of carbonyl (C=O) groups excluding carboxylic acids is 1. The fraction of sp³-hybridized carbons (Fsp3) is 0.273. The highest BCUT2D eigenvalue weighted by Gasteiger charge is 2.17. The van der Waals surface area contributed by atoms with E-state index in [1.807, 2.05) is 0 Å².